The predicted molar refractivity (Wildman–Crippen MR) is 116 cm³/mol. The Labute approximate surface area is 180 Å². The van der Waals surface area contributed by atoms with Gasteiger partial charge in [0.2, 0.25) is 11.8 Å². The van der Waals surface area contributed by atoms with Gasteiger partial charge < -0.3 is 15.2 Å². The summed E-state index contributed by atoms with van der Waals surface area (Å²) in [6.07, 6.45) is 9.36. The van der Waals surface area contributed by atoms with Gasteiger partial charge in [-0.15, -0.1) is 11.3 Å². The number of aromatic nitrogens is 2. The van der Waals surface area contributed by atoms with Crippen LogP contribution in [-0.4, -0.2) is 58.6 Å². The molecule has 2 aromatic heterocycles. The molecule has 5 rings (SSSR count). The van der Waals surface area contributed by atoms with Crippen molar-refractivity contribution in [1.29, 1.82) is 0 Å². The van der Waals surface area contributed by atoms with Gasteiger partial charge in [0.25, 0.3) is 0 Å². The second kappa shape index (κ2) is 8.59. The SMILES string of the molecule is NC(=O)CCC1CCc2sc3ncnc(OC4CCC(=[N+]5CCOCC5)CC4)c3c21. The van der Waals surface area contributed by atoms with Crippen LogP contribution < -0.4 is 10.5 Å². The zero-order chi connectivity index (χ0) is 20.5. The van der Waals surface area contributed by atoms with Crippen molar-refractivity contribution in [2.24, 2.45) is 5.73 Å². The van der Waals surface area contributed by atoms with E-state index in [2.05, 4.69) is 14.5 Å². The third kappa shape index (κ3) is 3.95. The van der Waals surface area contributed by atoms with E-state index in [1.54, 1.807) is 23.4 Å². The predicted octanol–water partition coefficient (Wildman–Crippen LogP) is 2.79. The number of thiophene rings is 1. The van der Waals surface area contributed by atoms with Crippen molar-refractivity contribution in [1.82, 2.24) is 9.97 Å². The molecule has 8 heteroatoms. The Bertz CT molecular complexity index is 968. The molecule has 2 aliphatic carbocycles. The van der Waals surface area contributed by atoms with Crippen molar-refractivity contribution in [3.63, 3.8) is 0 Å². The minimum atomic E-state index is -0.231. The molecule has 3 heterocycles. The zero-order valence-corrected chi connectivity index (χ0v) is 18.1. The van der Waals surface area contributed by atoms with Crippen LogP contribution in [0.25, 0.3) is 10.2 Å². The average molecular weight is 430 g/mol. The molecule has 1 saturated heterocycles. The van der Waals surface area contributed by atoms with Gasteiger partial charge in [0.15, 0.2) is 18.8 Å². The maximum Gasteiger partial charge on any atom is 0.225 e. The molecule has 3 aliphatic rings. The number of nitrogens with two attached hydrogens (primary N) is 1. The summed E-state index contributed by atoms with van der Waals surface area (Å²) in [5, 5.41) is 1.08. The van der Waals surface area contributed by atoms with E-state index in [1.807, 2.05) is 0 Å². The second-order valence-corrected chi connectivity index (χ2v) is 9.60. The number of amides is 1. The second-order valence-electron chi connectivity index (χ2n) is 8.52. The molecule has 1 unspecified atom stereocenters. The first-order chi connectivity index (χ1) is 14.7. The lowest BCUT2D eigenvalue weighted by molar-refractivity contribution is -0.551. The number of ether oxygens (including phenoxy) is 2. The highest BCUT2D eigenvalue weighted by Gasteiger charge is 2.32. The summed E-state index contributed by atoms with van der Waals surface area (Å²) in [6, 6.07) is 0. The lowest BCUT2D eigenvalue weighted by Gasteiger charge is -2.25. The topological polar surface area (TPSA) is 90.3 Å². The smallest absolute Gasteiger partial charge is 0.225 e. The molecular weight excluding hydrogens is 400 g/mol. The molecule has 2 aromatic rings. The minimum Gasteiger partial charge on any atom is -0.474 e. The number of nitrogens with zero attached hydrogens (tertiary/aromatic N) is 3. The molecule has 30 heavy (non-hydrogen) atoms. The first kappa shape index (κ1) is 19.9. The van der Waals surface area contributed by atoms with Gasteiger partial charge >= 0.3 is 0 Å². The van der Waals surface area contributed by atoms with E-state index < -0.39 is 0 Å². The number of rotatable bonds is 5. The molecule has 1 amide bonds. The van der Waals surface area contributed by atoms with Crippen LogP contribution in [0.1, 0.15) is 61.3 Å². The van der Waals surface area contributed by atoms with Crippen LogP contribution in [0.3, 0.4) is 0 Å². The molecule has 0 bridgehead atoms. The van der Waals surface area contributed by atoms with Gasteiger partial charge in [-0.1, -0.05) is 0 Å². The van der Waals surface area contributed by atoms with Gasteiger partial charge in [-0.25, -0.2) is 14.5 Å². The number of hydrogen-bond acceptors (Lipinski definition) is 6. The Hall–Kier alpha value is -2.06. The van der Waals surface area contributed by atoms with Gasteiger partial charge in [-0.3, -0.25) is 4.79 Å². The van der Waals surface area contributed by atoms with E-state index in [1.165, 1.54) is 10.4 Å². The fraction of sp³-hybridized carbons (Fsp3) is 0.636. The third-order valence-corrected chi connectivity index (χ3v) is 7.85. The summed E-state index contributed by atoms with van der Waals surface area (Å²) in [7, 11) is 0. The first-order valence-electron chi connectivity index (χ1n) is 11.1. The van der Waals surface area contributed by atoms with Crippen molar-refractivity contribution < 1.29 is 18.8 Å². The maximum atomic E-state index is 11.3. The maximum absolute atomic E-state index is 11.3. The number of carbonyl (C=O) groups excluding carboxylic acids is 1. The summed E-state index contributed by atoms with van der Waals surface area (Å²) >= 11 is 1.75. The van der Waals surface area contributed by atoms with E-state index >= 15 is 0 Å². The molecule has 1 aliphatic heterocycles. The van der Waals surface area contributed by atoms with Crippen molar-refractivity contribution in [3.05, 3.63) is 16.8 Å². The summed E-state index contributed by atoms with van der Waals surface area (Å²) in [6.45, 7) is 3.70. The molecule has 160 valence electrons. The highest BCUT2D eigenvalue weighted by Crippen LogP contribution is 2.47. The van der Waals surface area contributed by atoms with Crippen LogP contribution in [0.15, 0.2) is 6.33 Å². The normalized spacial score (nSPS) is 24.3. The fourth-order valence-electron chi connectivity index (χ4n) is 5.13. The van der Waals surface area contributed by atoms with Crippen LogP contribution in [0.5, 0.6) is 5.88 Å². The molecule has 2 fully saturated rings. The summed E-state index contributed by atoms with van der Waals surface area (Å²) < 4.78 is 14.4. The van der Waals surface area contributed by atoms with Crippen LogP contribution in [-0.2, 0) is 16.0 Å². The van der Waals surface area contributed by atoms with Crippen molar-refractivity contribution >= 4 is 33.2 Å². The lowest BCUT2D eigenvalue weighted by Crippen LogP contribution is -2.36. The van der Waals surface area contributed by atoms with E-state index in [9.17, 15) is 4.79 Å². The van der Waals surface area contributed by atoms with Crippen molar-refractivity contribution in [2.75, 3.05) is 26.3 Å². The lowest BCUT2D eigenvalue weighted by atomic mass is 9.94. The quantitative estimate of drug-likeness (QED) is 0.738. The highest BCUT2D eigenvalue weighted by molar-refractivity contribution is 7.19. The molecule has 0 spiro atoms. The Morgan fingerprint density at radius 2 is 2.00 bits per heavy atom. The van der Waals surface area contributed by atoms with Gasteiger partial charge in [-0.2, -0.15) is 0 Å². The number of carbonyl (C=O) groups is 1. The molecule has 1 saturated carbocycles. The molecule has 0 aromatic carbocycles. The number of morpholine rings is 1. The van der Waals surface area contributed by atoms with Crippen LogP contribution in [0.2, 0.25) is 0 Å². The van der Waals surface area contributed by atoms with Crippen LogP contribution in [0.4, 0.5) is 0 Å². The molecule has 1 atom stereocenters. The molecule has 0 radical (unpaired) electrons. The van der Waals surface area contributed by atoms with Crippen molar-refractivity contribution in [2.45, 2.75) is 63.4 Å². The van der Waals surface area contributed by atoms with Gasteiger partial charge in [0.1, 0.15) is 30.5 Å². The number of primary amides is 1. The Kier molecular flexibility index (Phi) is 5.69. The largest absolute Gasteiger partial charge is 0.474 e. The number of hydrogen-bond donors (Lipinski definition) is 1. The number of aryl methyl sites for hydroxylation is 1. The van der Waals surface area contributed by atoms with Gasteiger partial charge in [0, 0.05) is 24.1 Å². The molecule has 7 nitrogen and oxygen atoms in total. The summed E-state index contributed by atoms with van der Waals surface area (Å²) in [5.41, 5.74) is 8.26. The summed E-state index contributed by atoms with van der Waals surface area (Å²) in [4.78, 5) is 22.7. The summed E-state index contributed by atoms with van der Waals surface area (Å²) in [5.74, 6) is 0.843. The monoisotopic (exact) mass is 429 g/mol. The van der Waals surface area contributed by atoms with E-state index in [-0.39, 0.29) is 12.0 Å². The zero-order valence-electron chi connectivity index (χ0n) is 17.3. The van der Waals surface area contributed by atoms with Crippen molar-refractivity contribution in [3.8, 4) is 5.88 Å². The third-order valence-electron chi connectivity index (χ3n) is 6.68. The van der Waals surface area contributed by atoms with Gasteiger partial charge in [-0.05, 0) is 43.6 Å². The average Bonchev–Trinajstić information content (AvgIpc) is 3.33. The van der Waals surface area contributed by atoms with Crippen LogP contribution >= 0.6 is 11.3 Å². The highest BCUT2D eigenvalue weighted by atomic mass is 32.1. The Morgan fingerprint density at radius 1 is 1.20 bits per heavy atom. The Balaban J connectivity index is 1.34. The van der Waals surface area contributed by atoms with Crippen LogP contribution in [0, 0.1) is 0 Å². The fourth-order valence-corrected chi connectivity index (χ4v) is 6.36. The molecule has 2 N–H and O–H groups in total. The molecular formula is C22H29N4O3S+. The standard InChI is InChI=1S/C22H28N4O3S/c23-18(27)8-2-14-1-7-17-19(14)20-21(24-13-25-22(20)30-17)29-16-5-3-15(4-6-16)26-9-11-28-12-10-26/h13-14,16H,1-12H2,(H-,23,27)/p+1. The first-order valence-corrected chi connectivity index (χ1v) is 11.9. The van der Waals surface area contributed by atoms with Gasteiger partial charge in [0.05, 0.1) is 5.39 Å². The Morgan fingerprint density at radius 3 is 2.77 bits per heavy atom. The van der Waals surface area contributed by atoms with E-state index in [0.29, 0.717) is 12.3 Å². The number of fused-ring (bicyclic) bond motifs is 3. The van der Waals surface area contributed by atoms with E-state index in [0.717, 1.165) is 87.3 Å². The van der Waals surface area contributed by atoms with E-state index in [4.69, 9.17) is 15.2 Å². The minimum absolute atomic E-state index is 0.189.